The summed E-state index contributed by atoms with van der Waals surface area (Å²) >= 11 is 0. The molecule has 3 aromatic carbocycles. The summed E-state index contributed by atoms with van der Waals surface area (Å²) < 4.78 is 9.88. The van der Waals surface area contributed by atoms with Crippen LogP contribution in [0.3, 0.4) is 0 Å². The van der Waals surface area contributed by atoms with Gasteiger partial charge in [0.2, 0.25) is 0 Å². The Morgan fingerprint density at radius 3 is 2.23 bits per heavy atom. The maximum Gasteiger partial charge on any atom is 0.407 e. The van der Waals surface area contributed by atoms with Crippen molar-refractivity contribution in [2.75, 3.05) is 14.2 Å². The third kappa shape index (κ3) is 5.42. The van der Waals surface area contributed by atoms with Gasteiger partial charge in [-0.3, -0.25) is 0 Å². The van der Waals surface area contributed by atoms with Gasteiger partial charge in [0.05, 0.1) is 25.8 Å². The van der Waals surface area contributed by atoms with Crippen molar-refractivity contribution in [2.24, 2.45) is 0 Å². The highest BCUT2D eigenvalue weighted by atomic mass is 16.5. The van der Waals surface area contributed by atoms with Crippen LogP contribution in [0.15, 0.2) is 84.1 Å². The number of allylic oxidation sites excluding steroid dienone is 1. The Balaban J connectivity index is 2.03. The van der Waals surface area contributed by atoms with E-state index >= 15 is 0 Å². The van der Waals surface area contributed by atoms with Gasteiger partial charge in [0, 0.05) is 12.2 Å². The molecule has 0 aliphatic rings. The molecule has 160 valence electrons. The highest BCUT2D eigenvalue weighted by molar-refractivity contribution is 5.92. The minimum atomic E-state index is -0.757. The first kappa shape index (κ1) is 21.9. The molecule has 6 nitrogen and oxygen atoms in total. The van der Waals surface area contributed by atoms with Crippen LogP contribution in [0.25, 0.3) is 10.8 Å². The van der Waals surface area contributed by atoms with Gasteiger partial charge in [0.15, 0.2) is 0 Å². The summed E-state index contributed by atoms with van der Waals surface area (Å²) in [6.45, 7) is 2.32. The van der Waals surface area contributed by atoms with Gasteiger partial charge in [-0.05, 0) is 34.9 Å². The molecule has 3 rings (SSSR count). The number of hydrogen-bond donors (Lipinski definition) is 2. The largest absolute Gasteiger partial charge is 0.466 e. The second kappa shape index (κ2) is 10.3. The molecule has 1 atom stereocenters. The van der Waals surface area contributed by atoms with E-state index in [1.165, 1.54) is 14.2 Å². The van der Waals surface area contributed by atoms with Gasteiger partial charge in [-0.25, -0.2) is 9.59 Å². The van der Waals surface area contributed by atoms with E-state index < -0.39 is 18.1 Å². The van der Waals surface area contributed by atoms with E-state index in [-0.39, 0.29) is 0 Å². The molecule has 0 heterocycles. The van der Waals surface area contributed by atoms with Crippen LogP contribution >= 0.6 is 0 Å². The first-order chi connectivity index (χ1) is 15.0. The van der Waals surface area contributed by atoms with Crippen LogP contribution in [0.5, 0.6) is 0 Å². The van der Waals surface area contributed by atoms with Gasteiger partial charge < -0.3 is 20.1 Å². The second-order valence-electron chi connectivity index (χ2n) is 7.04. The summed E-state index contributed by atoms with van der Waals surface area (Å²) in [4.78, 5) is 24.9. The fourth-order valence-corrected chi connectivity index (χ4v) is 3.41. The van der Waals surface area contributed by atoms with Crippen LogP contribution in [0.4, 0.5) is 4.79 Å². The van der Waals surface area contributed by atoms with Crippen molar-refractivity contribution in [3.63, 3.8) is 0 Å². The zero-order chi connectivity index (χ0) is 22.2. The summed E-state index contributed by atoms with van der Waals surface area (Å²) in [5.74, 6) is -0.535. The van der Waals surface area contributed by atoms with E-state index in [4.69, 9.17) is 9.47 Å². The quantitative estimate of drug-likeness (QED) is 0.437. The van der Waals surface area contributed by atoms with E-state index in [2.05, 4.69) is 10.6 Å². The predicted octanol–water partition coefficient (Wildman–Crippen LogP) is 4.47. The molecule has 2 N–H and O–H groups in total. The first-order valence-electron chi connectivity index (χ1n) is 9.93. The lowest BCUT2D eigenvalue weighted by Gasteiger charge is -2.23. The second-order valence-corrected chi connectivity index (χ2v) is 7.04. The molecular formula is C25H26N2O4. The predicted molar refractivity (Wildman–Crippen MR) is 120 cm³/mol. The lowest BCUT2D eigenvalue weighted by Crippen LogP contribution is -2.34. The van der Waals surface area contributed by atoms with Gasteiger partial charge >= 0.3 is 12.1 Å². The summed E-state index contributed by atoms with van der Waals surface area (Å²) in [6, 6.07) is 22.8. The van der Waals surface area contributed by atoms with Crippen LogP contribution in [0, 0.1) is 0 Å². The molecule has 0 bridgehead atoms. The molecule has 0 spiro atoms. The molecule has 0 aromatic heterocycles. The number of benzene rings is 3. The molecular weight excluding hydrogens is 392 g/mol. The Morgan fingerprint density at radius 1 is 0.871 bits per heavy atom. The van der Waals surface area contributed by atoms with Crippen molar-refractivity contribution in [3.8, 4) is 0 Å². The van der Waals surface area contributed by atoms with Gasteiger partial charge in [-0.15, -0.1) is 0 Å². The standard InChI is InChI=1S/C25H26N2O4/c1-17(26-16-18-9-5-4-6-10-18)22(24(28)30-2)23(27-25(29)31-3)21-14-13-19-11-7-8-12-20(19)15-21/h4-15,23,26H,16H2,1-3H3,(H,27,29)/t23-/m0/s1. The molecule has 6 heteroatoms. The molecule has 31 heavy (non-hydrogen) atoms. The number of methoxy groups -OCH3 is 2. The van der Waals surface area contributed by atoms with Crippen LogP contribution in [-0.2, 0) is 20.8 Å². The molecule has 0 aliphatic heterocycles. The summed E-state index contributed by atoms with van der Waals surface area (Å²) in [6.07, 6.45) is -0.643. The molecule has 1 amide bonds. The number of ether oxygens (including phenoxy) is 2. The SMILES string of the molecule is COC(=O)N[C@H](C(C(=O)OC)=C(C)NCc1ccccc1)c1ccc2ccccc2c1. The fraction of sp³-hybridized carbons (Fsp3) is 0.200. The van der Waals surface area contributed by atoms with Gasteiger partial charge in [-0.2, -0.15) is 0 Å². The zero-order valence-corrected chi connectivity index (χ0v) is 17.8. The minimum absolute atomic E-state index is 0.305. The molecule has 3 aromatic rings. The number of hydrogen-bond acceptors (Lipinski definition) is 5. The average molecular weight is 418 g/mol. The summed E-state index contributed by atoms with van der Waals surface area (Å²) in [7, 11) is 2.61. The van der Waals surface area contributed by atoms with E-state index in [9.17, 15) is 9.59 Å². The maximum absolute atomic E-state index is 12.8. The molecule has 0 saturated carbocycles. The van der Waals surface area contributed by atoms with E-state index in [1.807, 2.05) is 72.8 Å². The van der Waals surface area contributed by atoms with Gasteiger partial charge in [0.1, 0.15) is 0 Å². The Morgan fingerprint density at radius 2 is 1.55 bits per heavy atom. The number of amides is 1. The summed E-state index contributed by atoms with van der Waals surface area (Å²) in [5.41, 5.74) is 2.71. The number of esters is 1. The van der Waals surface area contributed by atoms with Crippen molar-refractivity contribution >= 4 is 22.8 Å². The van der Waals surface area contributed by atoms with Crippen LogP contribution in [0.1, 0.15) is 24.1 Å². The number of rotatable bonds is 7. The van der Waals surface area contributed by atoms with Crippen LogP contribution in [-0.4, -0.2) is 26.3 Å². The number of fused-ring (bicyclic) bond motifs is 1. The molecule has 0 aliphatic carbocycles. The summed E-state index contributed by atoms with van der Waals surface area (Å²) in [5, 5.41) is 8.12. The molecule has 0 fully saturated rings. The van der Waals surface area contributed by atoms with Crippen molar-refractivity contribution in [3.05, 3.63) is 95.2 Å². The number of alkyl carbamates (subject to hydrolysis) is 1. The number of carbonyl (C=O) groups is 2. The Kier molecular flexibility index (Phi) is 7.27. The van der Waals surface area contributed by atoms with Gasteiger partial charge in [0.25, 0.3) is 0 Å². The molecule has 0 unspecified atom stereocenters. The van der Waals surface area contributed by atoms with E-state index in [0.29, 0.717) is 17.8 Å². The van der Waals surface area contributed by atoms with Crippen molar-refractivity contribution in [1.82, 2.24) is 10.6 Å². The topological polar surface area (TPSA) is 76.7 Å². The molecule has 0 radical (unpaired) electrons. The van der Waals surface area contributed by atoms with Crippen LogP contribution in [0.2, 0.25) is 0 Å². The lowest BCUT2D eigenvalue weighted by atomic mass is 9.94. The minimum Gasteiger partial charge on any atom is -0.466 e. The average Bonchev–Trinajstić information content (AvgIpc) is 2.82. The monoisotopic (exact) mass is 418 g/mol. The third-order valence-electron chi connectivity index (χ3n) is 5.05. The van der Waals surface area contributed by atoms with E-state index in [0.717, 1.165) is 21.9 Å². The Labute approximate surface area is 181 Å². The lowest BCUT2D eigenvalue weighted by molar-refractivity contribution is -0.136. The number of nitrogens with one attached hydrogen (secondary N) is 2. The normalized spacial score (nSPS) is 12.5. The first-order valence-corrected chi connectivity index (χ1v) is 9.93. The van der Waals surface area contributed by atoms with Crippen LogP contribution < -0.4 is 10.6 Å². The van der Waals surface area contributed by atoms with Crippen molar-refractivity contribution in [1.29, 1.82) is 0 Å². The highest BCUT2D eigenvalue weighted by Gasteiger charge is 2.28. The Hall–Kier alpha value is -3.80. The van der Waals surface area contributed by atoms with Gasteiger partial charge in [-0.1, -0.05) is 66.7 Å². The van der Waals surface area contributed by atoms with Crippen molar-refractivity contribution in [2.45, 2.75) is 19.5 Å². The maximum atomic E-state index is 12.8. The fourth-order valence-electron chi connectivity index (χ4n) is 3.41. The molecule has 0 saturated heterocycles. The Bertz CT molecular complexity index is 1090. The number of carbonyl (C=O) groups excluding carboxylic acids is 2. The smallest absolute Gasteiger partial charge is 0.407 e. The van der Waals surface area contributed by atoms with E-state index in [1.54, 1.807) is 6.92 Å². The third-order valence-corrected chi connectivity index (χ3v) is 5.05. The highest BCUT2D eigenvalue weighted by Crippen LogP contribution is 2.28. The zero-order valence-electron chi connectivity index (χ0n) is 17.8. The van der Waals surface area contributed by atoms with Crippen molar-refractivity contribution < 1.29 is 19.1 Å².